The SMILES string of the molecule is O=C(Nc1nn(Cc2ccc(Cl)c(Cl)c2)cc1Cl)c1ccn(COc2c(Cl)cccc2Cl)n1. The number of hydrogen-bond donors (Lipinski definition) is 1. The number of halogens is 5. The normalized spacial score (nSPS) is 10.9. The molecule has 2 aromatic heterocycles. The number of benzene rings is 2. The van der Waals surface area contributed by atoms with E-state index in [0.29, 0.717) is 32.4 Å². The van der Waals surface area contributed by atoms with Gasteiger partial charge in [0.25, 0.3) is 5.91 Å². The van der Waals surface area contributed by atoms with Gasteiger partial charge in [-0.15, -0.1) is 0 Å². The van der Waals surface area contributed by atoms with Gasteiger partial charge < -0.3 is 10.1 Å². The lowest BCUT2D eigenvalue weighted by Crippen LogP contribution is -2.15. The fourth-order valence-corrected chi connectivity index (χ4v) is 3.89. The lowest BCUT2D eigenvalue weighted by molar-refractivity contribution is 0.101. The van der Waals surface area contributed by atoms with Crippen LogP contribution in [0.25, 0.3) is 0 Å². The third-order valence-corrected chi connectivity index (χ3v) is 6.02. The Morgan fingerprint density at radius 3 is 2.36 bits per heavy atom. The highest BCUT2D eigenvalue weighted by molar-refractivity contribution is 6.42. The summed E-state index contributed by atoms with van der Waals surface area (Å²) in [6.45, 7) is 0.402. The van der Waals surface area contributed by atoms with Gasteiger partial charge in [0, 0.05) is 12.4 Å². The summed E-state index contributed by atoms with van der Waals surface area (Å²) in [6, 6.07) is 11.8. The molecule has 0 spiro atoms. The van der Waals surface area contributed by atoms with Gasteiger partial charge in [-0.1, -0.05) is 70.1 Å². The second-order valence-corrected chi connectivity index (χ2v) is 8.83. The first-order valence-electron chi connectivity index (χ1n) is 9.38. The van der Waals surface area contributed by atoms with Crippen molar-refractivity contribution in [1.82, 2.24) is 19.6 Å². The van der Waals surface area contributed by atoms with Crippen molar-refractivity contribution in [2.75, 3.05) is 5.32 Å². The first kappa shape index (κ1) is 23.7. The summed E-state index contributed by atoms with van der Waals surface area (Å²) in [5, 5.41) is 13.1. The van der Waals surface area contributed by atoms with Crippen LogP contribution in [0.15, 0.2) is 54.9 Å². The molecule has 1 amide bonds. The Labute approximate surface area is 213 Å². The first-order valence-corrected chi connectivity index (χ1v) is 11.3. The molecule has 0 saturated carbocycles. The second kappa shape index (κ2) is 10.2. The van der Waals surface area contributed by atoms with E-state index in [-0.39, 0.29) is 23.3 Å². The molecular formula is C21H14Cl5N5O2. The number of ether oxygens (including phenoxy) is 1. The Morgan fingerprint density at radius 1 is 0.879 bits per heavy atom. The first-order chi connectivity index (χ1) is 15.8. The molecule has 33 heavy (non-hydrogen) atoms. The maximum atomic E-state index is 12.6. The fourth-order valence-electron chi connectivity index (χ4n) is 2.87. The Balaban J connectivity index is 1.39. The summed E-state index contributed by atoms with van der Waals surface area (Å²) in [5.74, 6) is 0.0585. The molecule has 1 N–H and O–H groups in total. The highest BCUT2D eigenvalue weighted by Crippen LogP contribution is 2.32. The van der Waals surface area contributed by atoms with Crippen molar-refractivity contribution in [3.05, 3.63) is 91.2 Å². The molecule has 0 saturated heterocycles. The molecule has 0 atom stereocenters. The Bertz CT molecular complexity index is 1300. The van der Waals surface area contributed by atoms with Crippen molar-refractivity contribution in [1.29, 1.82) is 0 Å². The van der Waals surface area contributed by atoms with Crippen molar-refractivity contribution >= 4 is 69.7 Å². The van der Waals surface area contributed by atoms with Gasteiger partial charge >= 0.3 is 0 Å². The summed E-state index contributed by atoms with van der Waals surface area (Å²) < 4.78 is 8.62. The summed E-state index contributed by atoms with van der Waals surface area (Å²) in [6.07, 6.45) is 3.18. The molecule has 4 rings (SSSR count). The molecule has 0 unspecified atom stereocenters. The number of amides is 1. The number of rotatable bonds is 7. The average Bonchev–Trinajstić information content (AvgIpc) is 3.37. The lowest BCUT2D eigenvalue weighted by Gasteiger charge is -2.09. The van der Waals surface area contributed by atoms with E-state index in [1.54, 1.807) is 47.4 Å². The van der Waals surface area contributed by atoms with Crippen molar-refractivity contribution < 1.29 is 9.53 Å². The van der Waals surface area contributed by atoms with E-state index >= 15 is 0 Å². The molecule has 0 fully saturated rings. The molecule has 0 radical (unpaired) electrons. The number of para-hydroxylation sites is 1. The van der Waals surface area contributed by atoms with Gasteiger partial charge in [-0.25, -0.2) is 4.68 Å². The van der Waals surface area contributed by atoms with Crippen LogP contribution in [0.1, 0.15) is 16.1 Å². The Morgan fingerprint density at radius 2 is 1.64 bits per heavy atom. The average molecular weight is 546 g/mol. The number of carbonyl (C=O) groups excluding carboxylic acids is 1. The maximum Gasteiger partial charge on any atom is 0.277 e. The lowest BCUT2D eigenvalue weighted by atomic mass is 10.2. The fraction of sp³-hybridized carbons (Fsp3) is 0.0952. The van der Waals surface area contributed by atoms with Crippen molar-refractivity contribution in [2.45, 2.75) is 13.3 Å². The van der Waals surface area contributed by atoms with E-state index in [2.05, 4.69) is 15.5 Å². The van der Waals surface area contributed by atoms with E-state index < -0.39 is 5.91 Å². The second-order valence-electron chi connectivity index (χ2n) is 6.79. The van der Waals surface area contributed by atoms with Crippen LogP contribution in [0.5, 0.6) is 5.75 Å². The van der Waals surface area contributed by atoms with Gasteiger partial charge in [0.1, 0.15) is 5.02 Å². The van der Waals surface area contributed by atoms with Crippen LogP contribution in [-0.2, 0) is 13.3 Å². The molecular weight excluding hydrogens is 532 g/mol. The minimum Gasteiger partial charge on any atom is -0.468 e. The van der Waals surface area contributed by atoms with Crippen molar-refractivity contribution in [2.24, 2.45) is 0 Å². The van der Waals surface area contributed by atoms with E-state index in [1.807, 2.05) is 6.07 Å². The van der Waals surface area contributed by atoms with Gasteiger partial charge in [0.05, 0.1) is 26.6 Å². The molecule has 0 bridgehead atoms. The standard InChI is InChI=1S/C21H14Cl5N5O2/c22-13-5-4-12(8-16(13)25)9-31-10-17(26)20(29-31)27-21(32)18-6-7-30(28-18)11-33-19-14(23)2-1-3-15(19)24/h1-8,10H,9,11H2,(H,27,29,32). The molecule has 0 aliphatic heterocycles. The molecule has 4 aromatic rings. The van der Waals surface area contributed by atoms with Gasteiger partial charge in [0.15, 0.2) is 24.0 Å². The van der Waals surface area contributed by atoms with E-state index in [4.69, 9.17) is 62.7 Å². The van der Waals surface area contributed by atoms with Crippen molar-refractivity contribution in [3.63, 3.8) is 0 Å². The minimum atomic E-state index is -0.480. The molecule has 0 aliphatic carbocycles. The van der Waals surface area contributed by atoms with Crippen LogP contribution in [-0.4, -0.2) is 25.5 Å². The zero-order valence-electron chi connectivity index (χ0n) is 16.6. The van der Waals surface area contributed by atoms with Gasteiger partial charge in [-0.2, -0.15) is 10.2 Å². The number of aromatic nitrogens is 4. The zero-order valence-corrected chi connectivity index (χ0v) is 20.4. The number of carbonyl (C=O) groups is 1. The van der Waals surface area contributed by atoms with Crippen molar-refractivity contribution in [3.8, 4) is 5.75 Å². The van der Waals surface area contributed by atoms with Gasteiger partial charge in [-0.3, -0.25) is 9.48 Å². The molecule has 2 heterocycles. The van der Waals surface area contributed by atoms with Crippen LogP contribution in [0.4, 0.5) is 5.82 Å². The predicted octanol–water partition coefficient (Wildman–Crippen LogP) is 6.68. The Hall–Kier alpha value is -2.42. The summed E-state index contributed by atoms with van der Waals surface area (Å²) >= 11 is 30.4. The third kappa shape index (κ3) is 5.75. The molecule has 170 valence electrons. The van der Waals surface area contributed by atoms with Crippen LogP contribution in [0.3, 0.4) is 0 Å². The maximum absolute atomic E-state index is 12.6. The summed E-state index contributed by atoms with van der Waals surface area (Å²) in [5.41, 5.74) is 1.03. The zero-order chi connectivity index (χ0) is 23.5. The quantitative estimate of drug-likeness (QED) is 0.281. The summed E-state index contributed by atoms with van der Waals surface area (Å²) in [7, 11) is 0. The highest BCUT2D eigenvalue weighted by Gasteiger charge is 2.16. The number of nitrogens with zero attached hydrogens (tertiary/aromatic N) is 4. The number of nitrogens with one attached hydrogen (secondary N) is 1. The summed E-state index contributed by atoms with van der Waals surface area (Å²) in [4.78, 5) is 12.6. The molecule has 0 aliphatic rings. The van der Waals surface area contributed by atoms with E-state index in [1.165, 1.54) is 10.7 Å². The largest absolute Gasteiger partial charge is 0.468 e. The van der Waals surface area contributed by atoms with Crippen LogP contribution in [0.2, 0.25) is 25.1 Å². The van der Waals surface area contributed by atoms with Gasteiger partial charge in [0.2, 0.25) is 0 Å². The topological polar surface area (TPSA) is 74.0 Å². The monoisotopic (exact) mass is 543 g/mol. The van der Waals surface area contributed by atoms with Crippen LogP contribution in [0, 0.1) is 0 Å². The van der Waals surface area contributed by atoms with Crippen LogP contribution >= 0.6 is 58.0 Å². The Kier molecular flexibility index (Phi) is 7.36. The molecule has 2 aromatic carbocycles. The third-order valence-electron chi connectivity index (χ3n) is 4.41. The minimum absolute atomic E-state index is 0.00969. The molecule has 7 nitrogen and oxygen atoms in total. The molecule has 12 heteroatoms. The number of hydrogen-bond acceptors (Lipinski definition) is 4. The number of anilines is 1. The van der Waals surface area contributed by atoms with Crippen LogP contribution < -0.4 is 10.1 Å². The van der Waals surface area contributed by atoms with E-state index in [0.717, 1.165) is 5.56 Å². The predicted molar refractivity (Wildman–Crippen MR) is 130 cm³/mol. The highest BCUT2D eigenvalue weighted by atomic mass is 35.5. The smallest absolute Gasteiger partial charge is 0.277 e. The van der Waals surface area contributed by atoms with Gasteiger partial charge in [-0.05, 0) is 35.9 Å². The van der Waals surface area contributed by atoms with E-state index in [9.17, 15) is 4.79 Å².